The van der Waals surface area contributed by atoms with E-state index in [2.05, 4.69) is 4.74 Å². The minimum absolute atomic E-state index is 0.225. The molecule has 2 unspecified atom stereocenters. The van der Waals surface area contributed by atoms with Gasteiger partial charge in [-0.3, -0.25) is 0 Å². The average molecular weight is 332 g/mol. The standard InChI is InChI=1S/C15H15F3O3S/c16-15(17,18)21-14-4-2-1-3-11(14)7-10-8-12-5-6-13(9-10)22(12,19)20/h1-4,8,12-13H,5-7,9H2. The van der Waals surface area contributed by atoms with E-state index in [1.165, 1.54) is 12.1 Å². The van der Waals surface area contributed by atoms with E-state index >= 15 is 0 Å². The van der Waals surface area contributed by atoms with Crippen LogP contribution < -0.4 is 4.74 Å². The van der Waals surface area contributed by atoms with Gasteiger partial charge in [0.15, 0.2) is 9.84 Å². The van der Waals surface area contributed by atoms with Crippen molar-refractivity contribution < 1.29 is 26.3 Å². The third-order valence-electron chi connectivity index (χ3n) is 4.19. The minimum Gasteiger partial charge on any atom is -0.405 e. The number of hydrogen-bond donors (Lipinski definition) is 0. The Morgan fingerprint density at radius 3 is 2.59 bits per heavy atom. The Bertz CT molecular complexity index is 707. The number of halogens is 3. The van der Waals surface area contributed by atoms with Crippen LogP contribution in [0.15, 0.2) is 35.9 Å². The molecule has 2 heterocycles. The summed E-state index contributed by atoms with van der Waals surface area (Å²) < 4.78 is 65.3. The number of alkyl halides is 3. The van der Waals surface area contributed by atoms with Crippen molar-refractivity contribution in [2.24, 2.45) is 0 Å². The molecule has 0 radical (unpaired) electrons. The highest BCUT2D eigenvalue weighted by Crippen LogP contribution is 2.39. The predicted octanol–water partition coefficient (Wildman–Crippen LogP) is 3.40. The first-order valence-corrected chi connectivity index (χ1v) is 8.62. The Kier molecular flexibility index (Phi) is 3.71. The molecule has 1 saturated heterocycles. The van der Waals surface area contributed by atoms with E-state index in [1.54, 1.807) is 18.2 Å². The van der Waals surface area contributed by atoms with Crippen molar-refractivity contribution in [2.75, 3.05) is 0 Å². The van der Waals surface area contributed by atoms with Crippen molar-refractivity contribution in [3.05, 3.63) is 41.5 Å². The molecule has 22 heavy (non-hydrogen) atoms. The molecule has 0 N–H and O–H groups in total. The number of para-hydroxylation sites is 1. The maximum Gasteiger partial charge on any atom is 0.573 e. The normalized spacial score (nSPS) is 26.6. The molecule has 2 aliphatic heterocycles. The zero-order valence-corrected chi connectivity index (χ0v) is 12.5. The molecule has 2 atom stereocenters. The molecule has 0 saturated carbocycles. The fraction of sp³-hybridized carbons (Fsp3) is 0.467. The first-order chi connectivity index (χ1) is 10.3. The first-order valence-electron chi connectivity index (χ1n) is 7.01. The SMILES string of the molecule is O=S1(=O)C2C=C(Cc3ccccc3OC(F)(F)F)CC1CC2. The molecule has 1 aromatic rings. The molecule has 1 fully saturated rings. The van der Waals surface area contributed by atoms with Gasteiger partial charge in [0.1, 0.15) is 5.75 Å². The van der Waals surface area contributed by atoms with Crippen LogP contribution in [0.4, 0.5) is 13.2 Å². The second kappa shape index (κ2) is 5.30. The highest BCUT2D eigenvalue weighted by atomic mass is 32.2. The van der Waals surface area contributed by atoms with Crippen LogP contribution in [-0.2, 0) is 16.3 Å². The molecule has 3 nitrogen and oxygen atoms in total. The van der Waals surface area contributed by atoms with Crippen LogP contribution >= 0.6 is 0 Å². The maximum absolute atomic E-state index is 12.4. The first kappa shape index (κ1) is 15.4. The Morgan fingerprint density at radius 2 is 1.91 bits per heavy atom. The van der Waals surface area contributed by atoms with Gasteiger partial charge in [-0.25, -0.2) is 8.42 Å². The lowest BCUT2D eigenvalue weighted by atomic mass is 10.00. The van der Waals surface area contributed by atoms with E-state index < -0.39 is 21.4 Å². The monoisotopic (exact) mass is 332 g/mol. The van der Waals surface area contributed by atoms with Crippen LogP contribution in [0.5, 0.6) is 5.75 Å². The fourth-order valence-corrected chi connectivity index (χ4v) is 5.45. The quantitative estimate of drug-likeness (QED) is 0.797. The van der Waals surface area contributed by atoms with Crippen molar-refractivity contribution in [1.29, 1.82) is 0 Å². The van der Waals surface area contributed by atoms with E-state index in [-0.39, 0.29) is 17.4 Å². The summed E-state index contributed by atoms with van der Waals surface area (Å²) in [6, 6.07) is 5.98. The highest BCUT2D eigenvalue weighted by molar-refractivity contribution is 7.93. The number of rotatable bonds is 3. The van der Waals surface area contributed by atoms with Gasteiger partial charge in [0.2, 0.25) is 0 Å². The van der Waals surface area contributed by atoms with Crippen LogP contribution in [0, 0.1) is 0 Å². The number of sulfone groups is 1. The summed E-state index contributed by atoms with van der Waals surface area (Å²) in [6.07, 6.45) is -1.10. The van der Waals surface area contributed by atoms with Gasteiger partial charge in [-0.2, -0.15) is 0 Å². The van der Waals surface area contributed by atoms with E-state index in [1.807, 2.05) is 0 Å². The van der Waals surface area contributed by atoms with Gasteiger partial charge in [0.25, 0.3) is 0 Å². The summed E-state index contributed by atoms with van der Waals surface area (Å²) in [4.78, 5) is 0. The Morgan fingerprint density at radius 1 is 1.18 bits per heavy atom. The summed E-state index contributed by atoms with van der Waals surface area (Å²) >= 11 is 0. The number of benzene rings is 1. The number of fused-ring (bicyclic) bond motifs is 2. The summed E-state index contributed by atoms with van der Waals surface area (Å²) in [5, 5.41) is -0.856. The van der Waals surface area contributed by atoms with Gasteiger partial charge in [-0.15, -0.1) is 13.2 Å². The van der Waals surface area contributed by atoms with Crippen molar-refractivity contribution >= 4 is 9.84 Å². The number of allylic oxidation sites excluding steroid dienone is 1. The molecule has 2 bridgehead atoms. The molecular weight excluding hydrogens is 317 g/mol. The van der Waals surface area contributed by atoms with Gasteiger partial charge < -0.3 is 4.74 Å². The van der Waals surface area contributed by atoms with Gasteiger partial charge in [-0.1, -0.05) is 29.8 Å². The van der Waals surface area contributed by atoms with Gasteiger partial charge in [-0.05, 0) is 37.3 Å². The summed E-state index contributed by atoms with van der Waals surface area (Å²) in [5.41, 5.74) is 1.30. The Hall–Kier alpha value is -1.50. The number of ether oxygens (including phenoxy) is 1. The van der Waals surface area contributed by atoms with Crippen molar-refractivity contribution in [3.63, 3.8) is 0 Å². The third kappa shape index (κ3) is 2.99. The lowest BCUT2D eigenvalue weighted by molar-refractivity contribution is -0.274. The highest BCUT2D eigenvalue weighted by Gasteiger charge is 2.43. The zero-order valence-electron chi connectivity index (χ0n) is 11.6. The third-order valence-corrected chi connectivity index (χ3v) is 6.73. The van der Waals surface area contributed by atoms with Crippen LogP contribution in [0.3, 0.4) is 0 Å². The molecule has 1 aromatic carbocycles. The van der Waals surface area contributed by atoms with Crippen molar-refractivity contribution in [1.82, 2.24) is 0 Å². The van der Waals surface area contributed by atoms with E-state index in [9.17, 15) is 21.6 Å². The molecule has 0 spiro atoms. The van der Waals surface area contributed by atoms with E-state index in [4.69, 9.17) is 0 Å². The van der Waals surface area contributed by atoms with Crippen LogP contribution in [0.25, 0.3) is 0 Å². The zero-order chi connectivity index (χ0) is 16.0. The van der Waals surface area contributed by atoms with Crippen LogP contribution in [0.1, 0.15) is 24.8 Å². The fourth-order valence-electron chi connectivity index (χ4n) is 3.20. The van der Waals surface area contributed by atoms with Gasteiger partial charge in [0.05, 0.1) is 10.5 Å². The number of hydrogen-bond acceptors (Lipinski definition) is 3. The topological polar surface area (TPSA) is 43.4 Å². The minimum atomic E-state index is -4.74. The molecule has 3 rings (SSSR count). The largest absolute Gasteiger partial charge is 0.573 e. The molecule has 0 amide bonds. The van der Waals surface area contributed by atoms with E-state index in [0.29, 0.717) is 24.8 Å². The second-order valence-electron chi connectivity index (χ2n) is 5.69. The van der Waals surface area contributed by atoms with Gasteiger partial charge >= 0.3 is 6.36 Å². The summed E-state index contributed by atoms with van der Waals surface area (Å²) in [5.74, 6) is -0.225. The molecule has 120 valence electrons. The van der Waals surface area contributed by atoms with Gasteiger partial charge in [0, 0.05) is 0 Å². The predicted molar refractivity (Wildman–Crippen MR) is 75.3 cm³/mol. The molecule has 0 aromatic heterocycles. The molecule has 2 aliphatic rings. The van der Waals surface area contributed by atoms with Crippen molar-refractivity contribution in [2.45, 2.75) is 42.5 Å². The Balaban J connectivity index is 1.83. The van der Waals surface area contributed by atoms with E-state index in [0.717, 1.165) is 5.57 Å². The lowest BCUT2D eigenvalue weighted by Crippen LogP contribution is -2.27. The smallest absolute Gasteiger partial charge is 0.405 e. The molecular formula is C15H15F3O3S. The van der Waals surface area contributed by atoms with Crippen LogP contribution in [-0.4, -0.2) is 25.3 Å². The summed E-state index contributed by atoms with van der Waals surface area (Å²) in [6.45, 7) is 0. The second-order valence-corrected chi connectivity index (χ2v) is 8.14. The summed E-state index contributed by atoms with van der Waals surface area (Å²) in [7, 11) is -3.08. The molecule has 7 heteroatoms. The molecule has 0 aliphatic carbocycles. The van der Waals surface area contributed by atoms with Crippen molar-refractivity contribution in [3.8, 4) is 5.75 Å². The average Bonchev–Trinajstić information content (AvgIpc) is 2.60. The lowest BCUT2D eigenvalue weighted by Gasteiger charge is -2.21. The maximum atomic E-state index is 12.4. The van der Waals surface area contributed by atoms with Crippen LogP contribution in [0.2, 0.25) is 0 Å². The Labute approximate surface area is 126 Å².